The van der Waals surface area contributed by atoms with Crippen LogP contribution in [0.1, 0.15) is 35.7 Å². The molecule has 1 aromatic heterocycles. The van der Waals surface area contributed by atoms with E-state index in [0.717, 1.165) is 43.9 Å². The molecule has 1 heterocycles. The van der Waals surface area contributed by atoms with Gasteiger partial charge >= 0.3 is 0 Å². The Kier molecular flexibility index (Phi) is 9.48. The highest BCUT2D eigenvalue weighted by molar-refractivity contribution is 5.94. The predicted octanol–water partition coefficient (Wildman–Crippen LogP) is 1.79. The summed E-state index contributed by atoms with van der Waals surface area (Å²) >= 11 is 0. The minimum atomic E-state index is -0.0764. The van der Waals surface area contributed by atoms with E-state index >= 15 is 0 Å². The van der Waals surface area contributed by atoms with Crippen LogP contribution in [0.25, 0.3) is 0 Å². The van der Waals surface area contributed by atoms with Crippen LogP contribution in [0.3, 0.4) is 0 Å². The van der Waals surface area contributed by atoms with Crippen LogP contribution in [-0.2, 0) is 13.0 Å². The van der Waals surface area contributed by atoms with Crippen molar-refractivity contribution >= 4 is 11.9 Å². The van der Waals surface area contributed by atoms with Crippen LogP contribution in [0.4, 0.5) is 0 Å². The van der Waals surface area contributed by atoms with Gasteiger partial charge in [-0.2, -0.15) is 0 Å². The summed E-state index contributed by atoms with van der Waals surface area (Å²) in [5.41, 5.74) is 1.80. The molecule has 0 saturated heterocycles. The van der Waals surface area contributed by atoms with Crippen molar-refractivity contribution in [3.8, 4) is 0 Å². The van der Waals surface area contributed by atoms with Crippen molar-refractivity contribution < 1.29 is 4.79 Å². The summed E-state index contributed by atoms with van der Waals surface area (Å²) in [6.07, 6.45) is 4.42. The molecule has 29 heavy (non-hydrogen) atoms. The van der Waals surface area contributed by atoms with Crippen LogP contribution in [0, 0.1) is 0 Å². The Balaban J connectivity index is 1.76. The van der Waals surface area contributed by atoms with Gasteiger partial charge in [0.2, 0.25) is 5.56 Å². The fourth-order valence-electron chi connectivity index (χ4n) is 2.91. The first-order chi connectivity index (χ1) is 14.1. The Morgan fingerprint density at radius 2 is 1.97 bits per heavy atom. The standard InChI is InChI=1S/C22H31N5O2/c1-3-24-22(25-13-5-7-16-27-15-6-4-11-20(27)28)26-14-12-18-9-8-10-19(17-18)21(29)23-2/h4,6,8-11,15,17H,3,5,7,12-14,16H2,1-2H3,(H,23,29)(H2,24,25,26). The number of aromatic nitrogens is 1. The van der Waals surface area contributed by atoms with Crippen molar-refractivity contribution in [2.45, 2.75) is 32.7 Å². The van der Waals surface area contributed by atoms with Gasteiger partial charge in [0.15, 0.2) is 5.96 Å². The lowest BCUT2D eigenvalue weighted by Crippen LogP contribution is -2.38. The van der Waals surface area contributed by atoms with Gasteiger partial charge in [-0.05, 0) is 49.9 Å². The number of rotatable bonds is 10. The molecule has 0 saturated carbocycles. The number of benzene rings is 1. The maximum atomic E-state index is 11.7. The number of nitrogens with one attached hydrogen (secondary N) is 3. The lowest BCUT2D eigenvalue weighted by Gasteiger charge is -2.12. The number of hydrogen-bond acceptors (Lipinski definition) is 3. The zero-order chi connectivity index (χ0) is 20.9. The van der Waals surface area contributed by atoms with E-state index < -0.39 is 0 Å². The lowest BCUT2D eigenvalue weighted by molar-refractivity contribution is 0.0963. The van der Waals surface area contributed by atoms with Gasteiger partial charge in [0.1, 0.15) is 0 Å². The average molecular weight is 398 g/mol. The number of hydrogen-bond donors (Lipinski definition) is 3. The Bertz CT molecular complexity index is 860. The topological polar surface area (TPSA) is 87.5 Å². The molecule has 0 atom stereocenters. The van der Waals surface area contributed by atoms with E-state index in [1.54, 1.807) is 23.7 Å². The Morgan fingerprint density at radius 1 is 1.10 bits per heavy atom. The van der Waals surface area contributed by atoms with Crippen molar-refractivity contribution in [1.82, 2.24) is 20.5 Å². The fourth-order valence-corrected chi connectivity index (χ4v) is 2.91. The number of carbonyl (C=O) groups excluding carboxylic acids is 1. The van der Waals surface area contributed by atoms with Crippen LogP contribution in [-0.4, -0.2) is 43.1 Å². The van der Waals surface area contributed by atoms with Gasteiger partial charge in [0.05, 0.1) is 0 Å². The molecule has 0 aliphatic heterocycles. The first kappa shape index (κ1) is 22.2. The van der Waals surface area contributed by atoms with E-state index in [4.69, 9.17) is 0 Å². The van der Waals surface area contributed by atoms with Crippen molar-refractivity contribution in [3.05, 3.63) is 70.1 Å². The Hall–Kier alpha value is -3.09. The number of aliphatic imine (C=N–C) groups is 1. The smallest absolute Gasteiger partial charge is 0.251 e. The summed E-state index contributed by atoms with van der Waals surface area (Å²) in [5, 5.41) is 9.22. The Labute approximate surface area is 172 Å². The summed E-state index contributed by atoms with van der Waals surface area (Å²) in [5.74, 6) is 0.708. The number of carbonyl (C=O) groups is 1. The van der Waals surface area contributed by atoms with Crippen LogP contribution in [0.5, 0.6) is 0 Å². The van der Waals surface area contributed by atoms with Crippen molar-refractivity contribution in [2.75, 3.05) is 26.7 Å². The molecule has 0 aliphatic rings. The SMILES string of the molecule is CCNC(=NCCCCn1ccccc1=O)NCCc1cccc(C(=O)NC)c1. The van der Waals surface area contributed by atoms with Crippen LogP contribution >= 0.6 is 0 Å². The normalized spacial score (nSPS) is 11.2. The summed E-state index contributed by atoms with van der Waals surface area (Å²) in [4.78, 5) is 28.0. The molecular formula is C22H31N5O2. The lowest BCUT2D eigenvalue weighted by atomic mass is 10.1. The molecule has 1 aromatic carbocycles. The largest absolute Gasteiger partial charge is 0.357 e. The third kappa shape index (κ3) is 7.81. The van der Waals surface area contributed by atoms with Crippen molar-refractivity contribution in [1.29, 1.82) is 0 Å². The van der Waals surface area contributed by atoms with Gasteiger partial charge < -0.3 is 20.5 Å². The summed E-state index contributed by atoms with van der Waals surface area (Å²) in [6, 6.07) is 12.8. The molecule has 0 aliphatic carbocycles. The second-order valence-electron chi connectivity index (χ2n) is 6.66. The quantitative estimate of drug-likeness (QED) is 0.324. The zero-order valence-electron chi connectivity index (χ0n) is 17.3. The third-order valence-electron chi connectivity index (χ3n) is 4.44. The molecule has 156 valence electrons. The van der Waals surface area contributed by atoms with Crippen LogP contribution in [0.2, 0.25) is 0 Å². The molecule has 3 N–H and O–H groups in total. The fraction of sp³-hybridized carbons (Fsp3) is 0.409. The molecule has 0 radical (unpaired) electrons. The minimum absolute atomic E-state index is 0.0338. The first-order valence-corrected chi connectivity index (χ1v) is 10.1. The van der Waals surface area contributed by atoms with Gasteiger partial charge in [-0.3, -0.25) is 14.6 Å². The molecule has 7 heteroatoms. The van der Waals surface area contributed by atoms with Gasteiger partial charge in [-0.25, -0.2) is 0 Å². The highest BCUT2D eigenvalue weighted by Crippen LogP contribution is 2.05. The average Bonchev–Trinajstić information content (AvgIpc) is 2.74. The molecule has 1 amide bonds. The molecule has 7 nitrogen and oxygen atoms in total. The number of aryl methyl sites for hydroxylation is 1. The summed E-state index contributed by atoms with van der Waals surface area (Å²) in [6.45, 7) is 4.95. The number of guanidine groups is 1. The van der Waals surface area contributed by atoms with E-state index in [1.807, 2.05) is 43.5 Å². The molecule has 0 fully saturated rings. The van der Waals surface area contributed by atoms with E-state index in [1.165, 1.54) is 0 Å². The third-order valence-corrected chi connectivity index (χ3v) is 4.44. The Morgan fingerprint density at radius 3 is 2.72 bits per heavy atom. The van der Waals surface area contributed by atoms with Gasteiger partial charge in [0.25, 0.3) is 5.91 Å². The molecule has 2 aromatic rings. The second-order valence-corrected chi connectivity index (χ2v) is 6.66. The molecule has 0 spiro atoms. The van der Waals surface area contributed by atoms with Gasteiger partial charge in [-0.1, -0.05) is 18.2 Å². The summed E-state index contributed by atoms with van der Waals surface area (Å²) in [7, 11) is 1.63. The van der Waals surface area contributed by atoms with E-state index in [2.05, 4.69) is 20.9 Å². The maximum Gasteiger partial charge on any atom is 0.251 e. The van der Waals surface area contributed by atoms with E-state index in [0.29, 0.717) is 18.7 Å². The van der Waals surface area contributed by atoms with E-state index in [-0.39, 0.29) is 11.5 Å². The van der Waals surface area contributed by atoms with Gasteiger partial charge in [-0.15, -0.1) is 0 Å². The number of unbranched alkanes of at least 4 members (excludes halogenated alkanes) is 1. The molecule has 0 bridgehead atoms. The first-order valence-electron chi connectivity index (χ1n) is 10.1. The number of pyridine rings is 1. The second kappa shape index (κ2) is 12.4. The maximum absolute atomic E-state index is 11.7. The van der Waals surface area contributed by atoms with Crippen molar-refractivity contribution in [2.24, 2.45) is 4.99 Å². The van der Waals surface area contributed by atoms with Crippen molar-refractivity contribution in [3.63, 3.8) is 0 Å². The van der Waals surface area contributed by atoms with Crippen LogP contribution < -0.4 is 21.5 Å². The number of nitrogens with zero attached hydrogens (tertiary/aromatic N) is 2. The van der Waals surface area contributed by atoms with Crippen LogP contribution in [0.15, 0.2) is 58.4 Å². The predicted molar refractivity (Wildman–Crippen MR) is 117 cm³/mol. The number of amides is 1. The minimum Gasteiger partial charge on any atom is -0.357 e. The van der Waals surface area contributed by atoms with E-state index in [9.17, 15) is 9.59 Å². The molecule has 0 unspecified atom stereocenters. The zero-order valence-corrected chi connectivity index (χ0v) is 17.3. The highest BCUT2D eigenvalue weighted by atomic mass is 16.1. The molecular weight excluding hydrogens is 366 g/mol. The monoisotopic (exact) mass is 397 g/mol. The molecule has 2 rings (SSSR count). The van der Waals surface area contributed by atoms with Gasteiger partial charge in [0, 0.05) is 51.1 Å². The summed E-state index contributed by atoms with van der Waals surface area (Å²) < 4.78 is 1.72. The highest BCUT2D eigenvalue weighted by Gasteiger charge is 2.04.